The maximum atomic E-state index is 10.0. The second kappa shape index (κ2) is 11.5. The van der Waals surface area contributed by atoms with Crippen molar-refractivity contribution in [3.05, 3.63) is 13.2 Å². The number of carbonyl (C=O) groups excluding carboxylic acids is 2. The van der Waals surface area contributed by atoms with Gasteiger partial charge in [-0.3, -0.25) is 9.59 Å². The maximum Gasteiger partial charge on any atom is 0.137 e. The summed E-state index contributed by atoms with van der Waals surface area (Å²) < 4.78 is 0. The first-order chi connectivity index (χ1) is 4.13. The predicted molar refractivity (Wildman–Crippen MR) is 37.2 cm³/mol. The molecule has 2 nitrogen and oxygen atoms in total. The zero-order chi connectivity index (χ0) is 7.86. The Balaban J connectivity index is -0.000000149. The van der Waals surface area contributed by atoms with Gasteiger partial charge in [0, 0.05) is 19.5 Å². The topological polar surface area (TPSA) is 34.1 Å². The molecule has 0 spiro atoms. The molecule has 0 fully saturated rings. The third-order valence-electron chi connectivity index (χ3n) is 0.498. The molecule has 10 heavy (non-hydrogen) atoms. The second-order valence-corrected chi connectivity index (χ2v) is 1.58. The molecule has 0 N–H and O–H groups in total. The van der Waals surface area contributed by atoms with Crippen LogP contribution in [-0.2, 0) is 29.1 Å². The van der Waals surface area contributed by atoms with Gasteiger partial charge in [0.1, 0.15) is 11.6 Å². The fourth-order valence-electron chi connectivity index (χ4n) is 0.351. The zero-order valence-electron chi connectivity index (χ0n) is 6.27. The van der Waals surface area contributed by atoms with E-state index in [-0.39, 0.29) is 37.5 Å². The van der Waals surface area contributed by atoms with Crippen LogP contribution in [0, 0.1) is 0 Å². The molecule has 0 atom stereocenters. The van der Waals surface area contributed by atoms with Gasteiger partial charge in [-0.25, -0.2) is 0 Å². The number of ketones is 2. The Morgan fingerprint density at radius 2 is 1.30 bits per heavy atom. The Morgan fingerprint density at radius 3 is 1.30 bits per heavy atom. The average Bonchev–Trinajstić information content (AvgIpc) is 1.68. The van der Waals surface area contributed by atoms with Crippen LogP contribution in [0.4, 0.5) is 0 Å². The normalized spacial score (nSPS) is 6.20. The van der Waals surface area contributed by atoms with Crippen LogP contribution >= 0.6 is 0 Å². The van der Waals surface area contributed by atoms with Gasteiger partial charge < -0.3 is 0 Å². The van der Waals surface area contributed by atoms with Crippen molar-refractivity contribution in [3.8, 4) is 0 Å². The summed E-state index contributed by atoms with van der Waals surface area (Å²) in [4.78, 5) is 20.1. The molecule has 0 heterocycles. The first-order valence-corrected chi connectivity index (χ1v) is 2.62. The van der Waals surface area contributed by atoms with E-state index in [0.717, 1.165) is 0 Å². The molecule has 0 aromatic rings. The zero-order valence-corrected chi connectivity index (χ0v) is 7.91. The third kappa shape index (κ3) is 25.2. The maximum absolute atomic E-state index is 10.0. The fraction of sp³-hybridized carbons (Fsp3) is 0.429. The molecule has 0 saturated heterocycles. The minimum Gasteiger partial charge on any atom is -0.300 e. The van der Waals surface area contributed by atoms with E-state index in [0.29, 0.717) is 0 Å². The van der Waals surface area contributed by atoms with Crippen LogP contribution in [0.25, 0.3) is 0 Å². The molecule has 3 heteroatoms. The van der Waals surface area contributed by atoms with Gasteiger partial charge in [-0.05, 0) is 13.8 Å². The van der Waals surface area contributed by atoms with E-state index < -0.39 is 0 Å². The Kier molecular flexibility index (Phi) is 18.8. The van der Waals surface area contributed by atoms with Crippen molar-refractivity contribution in [2.45, 2.75) is 20.3 Å². The molecular weight excluding hydrogens is 219 g/mol. The van der Waals surface area contributed by atoms with E-state index in [1.165, 1.54) is 13.8 Å². The molecular formula is C7H12O2Rh. The molecule has 0 aromatic heterocycles. The van der Waals surface area contributed by atoms with E-state index in [1.807, 2.05) is 0 Å². The minimum absolute atomic E-state index is 0. The van der Waals surface area contributed by atoms with Crippen LogP contribution in [0.1, 0.15) is 20.3 Å². The molecule has 0 aromatic carbocycles. The van der Waals surface area contributed by atoms with Gasteiger partial charge >= 0.3 is 0 Å². The minimum atomic E-state index is -0.0625. The average molecular weight is 231 g/mol. The quantitative estimate of drug-likeness (QED) is 0.408. The van der Waals surface area contributed by atoms with Crippen molar-refractivity contribution >= 4 is 11.6 Å². The van der Waals surface area contributed by atoms with Crippen molar-refractivity contribution in [2.75, 3.05) is 0 Å². The molecule has 0 aliphatic heterocycles. The molecule has 0 unspecified atom stereocenters. The summed E-state index contributed by atoms with van der Waals surface area (Å²) in [5, 5.41) is 0. The van der Waals surface area contributed by atoms with Crippen LogP contribution in [0.15, 0.2) is 13.2 Å². The Bertz CT molecular complexity index is 98.2. The first-order valence-electron chi connectivity index (χ1n) is 2.62. The number of carbonyl (C=O) groups is 2. The van der Waals surface area contributed by atoms with Crippen LogP contribution in [0.2, 0.25) is 0 Å². The SMILES string of the molecule is C=C.CC(=O)CC(C)=O.[Rh]. The van der Waals surface area contributed by atoms with Crippen molar-refractivity contribution in [3.63, 3.8) is 0 Å². The van der Waals surface area contributed by atoms with E-state index in [2.05, 4.69) is 13.2 Å². The predicted octanol–water partition coefficient (Wildman–Crippen LogP) is 1.35. The number of rotatable bonds is 2. The molecule has 1 radical (unpaired) electrons. The van der Waals surface area contributed by atoms with E-state index in [4.69, 9.17) is 0 Å². The Labute approximate surface area is 74.5 Å². The molecule has 0 bridgehead atoms. The van der Waals surface area contributed by atoms with Gasteiger partial charge in [0.15, 0.2) is 0 Å². The van der Waals surface area contributed by atoms with Crippen molar-refractivity contribution in [1.82, 2.24) is 0 Å². The molecule has 0 saturated carbocycles. The summed E-state index contributed by atoms with van der Waals surface area (Å²) in [6.07, 6.45) is 0.0833. The van der Waals surface area contributed by atoms with Crippen molar-refractivity contribution in [2.24, 2.45) is 0 Å². The molecule has 0 aliphatic rings. The van der Waals surface area contributed by atoms with Gasteiger partial charge in [-0.15, -0.1) is 13.2 Å². The summed E-state index contributed by atoms with van der Waals surface area (Å²) in [6.45, 7) is 8.81. The summed E-state index contributed by atoms with van der Waals surface area (Å²) in [7, 11) is 0. The number of Topliss-reactive ketones (excluding diaryl/α,β-unsaturated/α-hetero) is 2. The summed E-state index contributed by atoms with van der Waals surface area (Å²) >= 11 is 0. The molecule has 0 amide bonds. The monoisotopic (exact) mass is 231 g/mol. The van der Waals surface area contributed by atoms with Crippen LogP contribution in [0.3, 0.4) is 0 Å². The van der Waals surface area contributed by atoms with Gasteiger partial charge in [-0.2, -0.15) is 0 Å². The van der Waals surface area contributed by atoms with Crippen LogP contribution < -0.4 is 0 Å². The first kappa shape index (κ1) is 16.4. The van der Waals surface area contributed by atoms with E-state index >= 15 is 0 Å². The van der Waals surface area contributed by atoms with Crippen molar-refractivity contribution in [1.29, 1.82) is 0 Å². The smallest absolute Gasteiger partial charge is 0.137 e. The van der Waals surface area contributed by atoms with E-state index in [1.54, 1.807) is 0 Å². The summed E-state index contributed by atoms with van der Waals surface area (Å²) in [6, 6.07) is 0. The van der Waals surface area contributed by atoms with Gasteiger partial charge in [0.2, 0.25) is 0 Å². The number of hydrogen-bond acceptors (Lipinski definition) is 2. The van der Waals surface area contributed by atoms with E-state index in [9.17, 15) is 9.59 Å². The molecule has 61 valence electrons. The molecule has 0 rings (SSSR count). The standard InChI is InChI=1S/C5H8O2.C2H4.Rh/c1-4(6)3-5(2)7;1-2;/h3H2,1-2H3;1-2H2;. The third-order valence-corrected chi connectivity index (χ3v) is 0.498. The summed E-state index contributed by atoms with van der Waals surface area (Å²) in [5.74, 6) is -0.125. The van der Waals surface area contributed by atoms with Gasteiger partial charge in [0.05, 0.1) is 6.42 Å². The molecule has 0 aliphatic carbocycles. The Morgan fingerprint density at radius 1 is 1.10 bits per heavy atom. The number of hydrogen-bond donors (Lipinski definition) is 0. The Hall–Kier alpha value is -0.297. The van der Waals surface area contributed by atoms with Gasteiger partial charge in [-0.1, -0.05) is 0 Å². The van der Waals surface area contributed by atoms with Crippen molar-refractivity contribution < 1.29 is 29.1 Å². The van der Waals surface area contributed by atoms with Gasteiger partial charge in [0.25, 0.3) is 0 Å². The summed E-state index contributed by atoms with van der Waals surface area (Å²) in [5.41, 5.74) is 0. The second-order valence-electron chi connectivity index (χ2n) is 1.58. The van der Waals surface area contributed by atoms with Crippen LogP contribution in [-0.4, -0.2) is 11.6 Å². The fourth-order valence-corrected chi connectivity index (χ4v) is 0.351. The largest absolute Gasteiger partial charge is 0.300 e. The van der Waals surface area contributed by atoms with Crippen LogP contribution in [0.5, 0.6) is 0 Å².